The Morgan fingerprint density at radius 2 is 1.78 bits per heavy atom. The Hall–Kier alpha value is -6.01. The van der Waals surface area contributed by atoms with Crippen molar-refractivity contribution >= 4 is 63.7 Å². The SMILES string of the molecule is CO[C@H]1CCN(c2nccc(Nc3cc4c(cn3)c(C(=O)NC3CCN(CCCCCCNc5cccc6c5C(=O)N(C5CCC(=O)NC5=O)C6=O)CC3)cn4C(C)C)n2)CC1F. The summed E-state index contributed by atoms with van der Waals surface area (Å²) in [4.78, 5) is 83.2. The minimum absolute atomic E-state index is 0.0730. The lowest BCUT2D eigenvalue weighted by molar-refractivity contribution is -0.136. The molecule has 0 saturated carbocycles. The summed E-state index contributed by atoms with van der Waals surface area (Å²) in [5, 5.41) is 12.9. The van der Waals surface area contributed by atoms with Gasteiger partial charge in [0.2, 0.25) is 17.8 Å². The van der Waals surface area contributed by atoms with E-state index in [2.05, 4.69) is 59.5 Å². The van der Waals surface area contributed by atoms with Gasteiger partial charge < -0.3 is 35.1 Å². The molecule has 17 nitrogen and oxygen atoms in total. The number of methoxy groups -OCH3 is 1. The molecule has 18 heteroatoms. The molecule has 0 spiro atoms. The fraction of sp³-hybridized carbons (Fsp3) is 0.511. The van der Waals surface area contributed by atoms with Crippen LogP contribution in [0.4, 0.5) is 27.7 Å². The van der Waals surface area contributed by atoms with Gasteiger partial charge >= 0.3 is 0 Å². The van der Waals surface area contributed by atoms with Crippen LogP contribution in [-0.2, 0) is 14.3 Å². The van der Waals surface area contributed by atoms with E-state index in [1.807, 2.05) is 17.2 Å². The number of halogens is 1. The first-order chi connectivity index (χ1) is 30.5. The highest BCUT2D eigenvalue weighted by molar-refractivity contribution is 6.25. The van der Waals surface area contributed by atoms with Gasteiger partial charge in [0.05, 0.1) is 34.9 Å². The summed E-state index contributed by atoms with van der Waals surface area (Å²) in [6.07, 6.45) is 10.2. The van der Waals surface area contributed by atoms with E-state index in [0.717, 1.165) is 74.0 Å². The second kappa shape index (κ2) is 19.2. The molecule has 3 fully saturated rings. The molecular formula is C45H56FN11O6. The summed E-state index contributed by atoms with van der Waals surface area (Å²) >= 11 is 0. The maximum atomic E-state index is 14.6. The van der Waals surface area contributed by atoms with Crippen LogP contribution < -0.4 is 26.2 Å². The fourth-order valence-corrected chi connectivity index (χ4v) is 9.12. The Labute approximate surface area is 365 Å². The molecule has 4 aromatic rings. The van der Waals surface area contributed by atoms with E-state index < -0.39 is 41.9 Å². The molecular weight excluding hydrogens is 810 g/mol. The predicted octanol–water partition coefficient (Wildman–Crippen LogP) is 4.98. The van der Waals surface area contributed by atoms with Crippen LogP contribution in [-0.4, -0.2) is 130 Å². The Balaban J connectivity index is 0.770. The molecule has 3 saturated heterocycles. The van der Waals surface area contributed by atoms with Crippen molar-refractivity contribution in [1.82, 2.24) is 40.0 Å². The number of likely N-dealkylation sites (tertiary alicyclic amines) is 1. The van der Waals surface area contributed by atoms with Gasteiger partial charge in [-0.15, -0.1) is 0 Å². The van der Waals surface area contributed by atoms with E-state index in [4.69, 9.17) is 4.74 Å². The zero-order valence-corrected chi connectivity index (χ0v) is 36.1. The van der Waals surface area contributed by atoms with Crippen LogP contribution in [0.25, 0.3) is 10.9 Å². The number of amides is 5. The van der Waals surface area contributed by atoms with Crippen molar-refractivity contribution in [2.24, 2.45) is 0 Å². The number of benzene rings is 1. The van der Waals surface area contributed by atoms with E-state index in [1.54, 1.807) is 36.7 Å². The third-order valence-corrected chi connectivity index (χ3v) is 12.6. The quantitative estimate of drug-likeness (QED) is 0.0871. The lowest BCUT2D eigenvalue weighted by Crippen LogP contribution is -2.54. The average Bonchev–Trinajstić information content (AvgIpc) is 3.78. The highest BCUT2D eigenvalue weighted by Gasteiger charge is 2.45. The number of alkyl halides is 1. The van der Waals surface area contributed by atoms with Crippen LogP contribution in [0, 0.1) is 0 Å². The summed E-state index contributed by atoms with van der Waals surface area (Å²) in [6, 6.07) is 7.94. The number of anilines is 4. The lowest BCUT2D eigenvalue weighted by Gasteiger charge is -2.33. The van der Waals surface area contributed by atoms with Gasteiger partial charge in [-0.1, -0.05) is 18.9 Å². The van der Waals surface area contributed by atoms with Gasteiger partial charge in [-0.2, -0.15) is 4.98 Å². The van der Waals surface area contributed by atoms with Crippen molar-refractivity contribution in [3.05, 3.63) is 65.6 Å². The van der Waals surface area contributed by atoms with Crippen LogP contribution in [0.5, 0.6) is 0 Å². The van der Waals surface area contributed by atoms with Crippen molar-refractivity contribution in [3.63, 3.8) is 0 Å². The third kappa shape index (κ3) is 9.51. The topological polar surface area (TPSA) is 196 Å². The summed E-state index contributed by atoms with van der Waals surface area (Å²) < 4.78 is 21.9. The fourth-order valence-electron chi connectivity index (χ4n) is 9.12. The Kier molecular flexibility index (Phi) is 13.3. The highest BCUT2D eigenvalue weighted by Crippen LogP contribution is 2.33. The number of nitrogens with one attached hydrogen (secondary N) is 4. The summed E-state index contributed by atoms with van der Waals surface area (Å²) in [7, 11) is 1.53. The maximum absolute atomic E-state index is 14.6. The van der Waals surface area contributed by atoms with E-state index >= 15 is 0 Å². The number of aromatic nitrogens is 4. The predicted molar refractivity (Wildman–Crippen MR) is 235 cm³/mol. The molecule has 0 aliphatic carbocycles. The van der Waals surface area contributed by atoms with Crippen molar-refractivity contribution in [3.8, 4) is 0 Å². The van der Waals surface area contributed by atoms with Gasteiger partial charge in [-0.05, 0) is 77.1 Å². The van der Waals surface area contributed by atoms with Gasteiger partial charge in [0.15, 0.2) is 0 Å². The number of pyridine rings is 1. The number of rotatable bonds is 16. The molecule has 5 amide bonds. The molecule has 4 N–H and O–H groups in total. The third-order valence-electron chi connectivity index (χ3n) is 12.6. The Morgan fingerprint density at radius 1 is 0.968 bits per heavy atom. The van der Waals surface area contributed by atoms with Crippen molar-refractivity contribution in [2.75, 3.05) is 61.9 Å². The number of fused-ring (bicyclic) bond motifs is 2. The molecule has 334 valence electrons. The number of hydrogen-bond acceptors (Lipinski definition) is 13. The molecule has 2 unspecified atom stereocenters. The standard InChI is InChI=1S/C45H56FN11O6/c1-27(2)56-25-31(30-24-49-38(23-35(30)56)51-37-13-18-48-45(52-37)55-22-16-36(63-3)32(46)26-55)41(59)50-28-14-20-54(21-15-28)19-7-5-4-6-17-47-33-10-8-9-29-40(33)44(62)57(43(29)61)34-11-12-39(58)53-42(34)60/h8-10,13,18,23-25,27-28,32,34,36,47H,4-7,11-12,14-17,19-22,26H2,1-3H3,(H,50,59)(H,53,58,60)(H,48,49,51,52)/t32?,34?,36-/m0/s1. The van der Waals surface area contributed by atoms with E-state index in [-0.39, 0.29) is 48.5 Å². The molecule has 0 bridgehead atoms. The minimum atomic E-state index is -1.12. The Morgan fingerprint density at radius 3 is 2.54 bits per heavy atom. The first kappa shape index (κ1) is 43.6. The normalized spacial score (nSPS) is 21.0. The van der Waals surface area contributed by atoms with Gasteiger partial charge in [-0.3, -0.25) is 34.2 Å². The van der Waals surface area contributed by atoms with Crippen LogP contribution in [0.15, 0.2) is 48.9 Å². The monoisotopic (exact) mass is 865 g/mol. The molecule has 8 rings (SSSR count). The molecule has 4 aliphatic rings. The zero-order valence-electron chi connectivity index (χ0n) is 36.1. The summed E-state index contributed by atoms with van der Waals surface area (Å²) in [6.45, 7) is 8.34. The first-order valence-electron chi connectivity index (χ1n) is 22.1. The number of hydrogen-bond donors (Lipinski definition) is 4. The molecule has 4 aliphatic heterocycles. The first-order valence-corrected chi connectivity index (χ1v) is 22.1. The number of nitrogens with zero attached hydrogens (tertiary/aromatic N) is 7. The number of carbonyl (C=O) groups excluding carboxylic acids is 5. The molecule has 7 heterocycles. The maximum Gasteiger partial charge on any atom is 0.264 e. The van der Waals surface area contributed by atoms with Crippen LogP contribution in [0.3, 0.4) is 0 Å². The zero-order chi connectivity index (χ0) is 44.2. The largest absolute Gasteiger partial charge is 0.384 e. The molecule has 63 heavy (non-hydrogen) atoms. The number of carbonyl (C=O) groups is 5. The average molecular weight is 866 g/mol. The molecule has 3 atom stereocenters. The van der Waals surface area contributed by atoms with Gasteiger partial charge in [0.1, 0.15) is 23.8 Å². The number of unbranched alkanes of at least 4 members (excludes halogenated alkanes) is 3. The number of piperidine rings is 3. The molecule has 0 radical (unpaired) electrons. The van der Waals surface area contributed by atoms with Crippen LogP contribution in [0.1, 0.15) is 109 Å². The highest BCUT2D eigenvalue weighted by atomic mass is 19.1. The van der Waals surface area contributed by atoms with Gasteiger partial charge in [0.25, 0.3) is 17.7 Å². The molecule has 1 aromatic carbocycles. The number of ether oxygens (including phenoxy) is 1. The van der Waals surface area contributed by atoms with Crippen LogP contribution in [0.2, 0.25) is 0 Å². The van der Waals surface area contributed by atoms with E-state index in [9.17, 15) is 28.4 Å². The smallest absolute Gasteiger partial charge is 0.264 e. The van der Waals surface area contributed by atoms with E-state index in [1.165, 1.54) is 7.11 Å². The summed E-state index contributed by atoms with van der Waals surface area (Å²) in [5.41, 5.74) is 2.58. The lowest BCUT2D eigenvalue weighted by atomic mass is 10.0. The second-order valence-corrected chi connectivity index (χ2v) is 17.1. The summed E-state index contributed by atoms with van der Waals surface area (Å²) in [5.74, 6) is -0.623. The van der Waals surface area contributed by atoms with Gasteiger partial charge in [0, 0.05) is 87.5 Å². The Bertz CT molecular complexity index is 2360. The van der Waals surface area contributed by atoms with E-state index in [0.29, 0.717) is 48.3 Å². The second-order valence-electron chi connectivity index (χ2n) is 17.1. The number of imide groups is 2. The minimum Gasteiger partial charge on any atom is -0.384 e. The van der Waals surface area contributed by atoms with Crippen LogP contribution >= 0.6 is 0 Å². The van der Waals surface area contributed by atoms with Crippen molar-refractivity contribution in [1.29, 1.82) is 0 Å². The van der Waals surface area contributed by atoms with Crippen molar-refractivity contribution < 1.29 is 33.1 Å². The van der Waals surface area contributed by atoms with Gasteiger partial charge in [-0.25, -0.2) is 14.4 Å². The van der Waals surface area contributed by atoms with Crippen molar-refractivity contribution in [2.45, 2.75) is 102 Å². The molecule has 3 aromatic heterocycles.